The second-order valence-corrected chi connectivity index (χ2v) is 8.18. The fraction of sp³-hybridized carbons (Fsp3) is 0.316. The number of fused-ring (bicyclic) bond motifs is 1. The van der Waals surface area contributed by atoms with Crippen molar-refractivity contribution in [3.8, 4) is 0 Å². The molecule has 6 nitrogen and oxygen atoms in total. The van der Waals surface area contributed by atoms with Gasteiger partial charge in [0, 0.05) is 24.7 Å². The lowest BCUT2D eigenvalue weighted by Crippen LogP contribution is -2.23. The van der Waals surface area contributed by atoms with Gasteiger partial charge in [0.1, 0.15) is 0 Å². The lowest BCUT2D eigenvalue weighted by Gasteiger charge is -2.10. The van der Waals surface area contributed by atoms with E-state index in [2.05, 4.69) is 22.3 Å². The summed E-state index contributed by atoms with van der Waals surface area (Å²) < 4.78 is 25.7. The second kappa shape index (κ2) is 7.57. The Bertz CT molecular complexity index is 908. The van der Waals surface area contributed by atoms with Gasteiger partial charge in [-0.3, -0.25) is 4.79 Å². The van der Waals surface area contributed by atoms with Crippen LogP contribution in [0.3, 0.4) is 0 Å². The number of benzene rings is 2. The minimum atomic E-state index is -3.45. The van der Waals surface area contributed by atoms with Gasteiger partial charge in [0.2, 0.25) is 10.0 Å². The molecular formula is C19H23N3O3S. The molecule has 2 aromatic carbocycles. The van der Waals surface area contributed by atoms with Crippen LogP contribution in [0, 0.1) is 0 Å². The zero-order valence-electron chi connectivity index (χ0n) is 14.9. The van der Waals surface area contributed by atoms with Crippen LogP contribution in [0.15, 0.2) is 47.4 Å². The monoisotopic (exact) mass is 373 g/mol. The molecule has 138 valence electrons. The standard InChI is InChI=1S/C19H23N3O3S/c1-3-18-17-9-6-14(10-15(17)12-21-18)19(23)22-11-13-4-7-16(8-5-13)26(24,25)20-2/h4-10,18,20-21H,3,11-12H2,1-2H3,(H,22,23)/t18-/m0/s1. The van der Waals surface area contributed by atoms with Crippen molar-refractivity contribution in [1.82, 2.24) is 15.4 Å². The Morgan fingerprint density at radius 3 is 2.58 bits per heavy atom. The van der Waals surface area contributed by atoms with E-state index < -0.39 is 10.0 Å². The highest BCUT2D eigenvalue weighted by Crippen LogP contribution is 2.28. The Labute approximate surface area is 154 Å². The van der Waals surface area contributed by atoms with Crippen LogP contribution < -0.4 is 15.4 Å². The minimum absolute atomic E-state index is 0.139. The number of hydrogen-bond donors (Lipinski definition) is 3. The summed E-state index contributed by atoms with van der Waals surface area (Å²) in [6.45, 7) is 3.27. The summed E-state index contributed by atoms with van der Waals surface area (Å²) in [6, 6.07) is 12.6. The van der Waals surface area contributed by atoms with Gasteiger partial charge in [0.15, 0.2) is 0 Å². The number of amides is 1. The van der Waals surface area contributed by atoms with Crippen molar-refractivity contribution in [2.75, 3.05) is 7.05 Å². The molecule has 0 aromatic heterocycles. The number of carbonyl (C=O) groups is 1. The van der Waals surface area contributed by atoms with E-state index in [1.807, 2.05) is 18.2 Å². The fourth-order valence-corrected chi connectivity index (χ4v) is 3.87. The molecular weight excluding hydrogens is 350 g/mol. The molecule has 0 unspecified atom stereocenters. The van der Waals surface area contributed by atoms with Gasteiger partial charge in [0.05, 0.1) is 4.90 Å². The Morgan fingerprint density at radius 2 is 1.92 bits per heavy atom. The SMILES string of the molecule is CC[C@@H]1NCc2cc(C(=O)NCc3ccc(S(=O)(=O)NC)cc3)ccc21. The smallest absolute Gasteiger partial charge is 0.251 e. The number of hydrogen-bond acceptors (Lipinski definition) is 4. The first kappa shape index (κ1) is 18.6. The minimum Gasteiger partial charge on any atom is -0.348 e. The average Bonchev–Trinajstić information content (AvgIpc) is 3.08. The predicted molar refractivity (Wildman–Crippen MR) is 100 cm³/mol. The van der Waals surface area contributed by atoms with Crippen LogP contribution in [0.25, 0.3) is 0 Å². The molecule has 1 atom stereocenters. The highest BCUT2D eigenvalue weighted by molar-refractivity contribution is 7.89. The molecule has 2 aromatic rings. The van der Waals surface area contributed by atoms with Crippen LogP contribution in [-0.4, -0.2) is 21.4 Å². The van der Waals surface area contributed by atoms with Gasteiger partial charge >= 0.3 is 0 Å². The van der Waals surface area contributed by atoms with Crippen molar-refractivity contribution in [2.45, 2.75) is 37.4 Å². The molecule has 0 bridgehead atoms. The first-order valence-electron chi connectivity index (χ1n) is 8.61. The molecule has 0 radical (unpaired) electrons. The molecule has 0 fully saturated rings. The summed E-state index contributed by atoms with van der Waals surface area (Å²) in [7, 11) is -2.07. The third kappa shape index (κ3) is 3.80. The summed E-state index contributed by atoms with van der Waals surface area (Å²) >= 11 is 0. The quantitative estimate of drug-likeness (QED) is 0.723. The Morgan fingerprint density at radius 1 is 1.19 bits per heavy atom. The Kier molecular flexibility index (Phi) is 5.41. The van der Waals surface area contributed by atoms with Gasteiger partial charge in [-0.05, 0) is 54.4 Å². The van der Waals surface area contributed by atoms with E-state index in [1.54, 1.807) is 12.1 Å². The maximum atomic E-state index is 12.4. The van der Waals surface area contributed by atoms with Crippen LogP contribution in [0.4, 0.5) is 0 Å². The Hall–Kier alpha value is -2.22. The van der Waals surface area contributed by atoms with Crippen molar-refractivity contribution < 1.29 is 13.2 Å². The third-order valence-corrected chi connectivity index (χ3v) is 6.11. The topological polar surface area (TPSA) is 87.3 Å². The maximum absolute atomic E-state index is 12.4. The van der Waals surface area contributed by atoms with Crippen LogP contribution in [0.1, 0.15) is 46.4 Å². The lowest BCUT2D eigenvalue weighted by molar-refractivity contribution is 0.0951. The number of nitrogens with one attached hydrogen (secondary N) is 3. The van der Waals surface area contributed by atoms with E-state index in [0.29, 0.717) is 18.2 Å². The molecule has 0 saturated heterocycles. The number of carbonyl (C=O) groups excluding carboxylic acids is 1. The van der Waals surface area contributed by atoms with Crippen molar-refractivity contribution in [3.05, 3.63) is 64.7 Å². The third-order valence-electron chi connectivity index (χ3n) is 4.68. The summed E-state index contributed by atoms with van der Waals surface area (Å²) in [6.07, 6.45) is 1.03. The molecule has 1 aliphatic rings. The highest BCUT2D eigenvalue weighted by atomic mass is 32.2. The van der Waals surface area contributed by atoms with E-state index in [4.69, 9.17) is 0 Å². The molecule has 3 rings (SSSR count). The molecule has 0 aliphatic carbocycles. The molecule has 1 amide bonds. The van der Waals surface area contributed by atoms with Crippen LogP contribution in [-0.2, 0) is 23.1 Å². The summed E-state index contributed by atoms with van der Waals surface area (Å²) in [5.74, 6) is -0.139. The highest BCUT2D eigenvalue weighted by Gasteiger charge is 2.21. The van der Waals surface area contributed by atoms with Crippen LogP contribution >= 0.6 is 0 Å². The van der Waals surface area contributed by atoms with Gasteiger partial charge in [-0.15, -0.1) is 0 Å². The predicted octanol–water partition coefficient (Wildman–Crippen LogP) is 2.08. The molecule has 0 saturated carbocycles. The van der Waals surface area contributed by atoms with Gasteiger partial charge in [-0.25, -0.2) is 13.1 Å². The lowest BCUT2D eigenvalue weighted by atomic mass is 10.0. The van der Waals surface area contributed by atoms with Gasteiger partial charge in [-0.2, -0.15) is 0 Å². The Balaban J connectivity index is 1.64. The maximum Gasteiger partial charge on any atom is 0.251 e. The molecule has 3 N–H and O–H groups in total. The molecule has 1 aliphatic heterocycles. The van der Waals surface area contributed by atoms with Crippen molar-refractivity contribution in [1.29, 1.82) is 0 Å². The fourth-order valence-electron chi connectivity index (χ4n) is 3.14. The van der Waals surface area contributed by atoms with E-state index >= 15 is 0 Å². The molecule has 26 heavy (non-hydrogen) atoms. The first-order valence-corrected chi connectivity index (χ1v) is 10.1. The van der Waals surface area contributed by atoms with Gasteiger partial charge in [-0.1, -0.05) is 25.1 Å². The van der Waals surface area contributed by atoms with E-state index in [1.165, 1.54) is 30.3 Å². The second-order valence-electron chi connectivity index (χ2n) is 6.29. The molecule has 1 heterocycles. The van der Waals surface area contributed by atoms with E-state index in [0.717, 1.165) is 18.5 Å². The zero-order chi connectivity index (χ0) is 18.7. The van der Waals surface area contributed by atoms with E-state index in [-0.39, 0.29) is 10.8 Å². The van der Waals surface area contributed by atoms with Crippen molar-refractivity contribution in [3.63, 3.8) is 0 Å². The summed E-state index contributed by atoms with van der Waals surface area (Å²) in [5.41, 5.74) is 3.91. The van der Waals surface area contributed by atoms with Crippen molar-refractivity contribution >= 4 is 15.9 Å². The molecule has 0 spiro atoms. The number of rotatable bonds is 6. The molecule has 7 heteroatoms. The van der Waals surface area contributed by atoms with Crippen LogP contribution in [0.5, 0.6) is 0 Å². The van der Waals surface area contributed by atoms with E-state index in [9.17, 15) is 13.2 Å². The van der Waals surface area contributed by atoms with Crippen molar-refractivity contribution in [2.24, 2.45) is 0 Å². The average molecular weight is 373 g/mol. The largest absolute Gasteiger partial charge is 0.348 e. The van der Waals surface area contributed by atoms with Gasteiger partial charge in [0.25, 0.3) is 5.91 Å². The van der Waals surface area contributed by atoms with Crippen LogP contribution in [0.2, 0.25) is 0 Å². The summed E-state index contributed by atoms with van der Waals surface area (Å²) in [5, 5.41) is 6.31. The summed E-state index contributed by atoms with van der Waals surface area (Å²) in [4.78, 5) is 12.6. The number of sulfonamides is 1. The normalized spacial score (nSPS) is 16.3. The van der Waals surface area contributed by atoms with Gasteiger partial charge < -0.3 is 10.6 Å². The first-order chi connectivity index (χ1) is 12.4. The zero-order valence-corrected chi connectivity index (χ0v) is 15.7.